The number of H-pyrrole nitrogens is 3. The van der Waals surface area contributed by atoms with Gasteiger partial charge in [-0.2, -0.15) is 0 Å². The molecule has 8 heterocycles. The van der Waals surface area contributed by atoms with Gasteiger partial charge >= 0.3 is 0 Å². The summed E-state index contributed by atoms with van der Waals surface area (Å²) in [5.41, 5.74) is 7.63. The van der Waals surface area contributed by atoms with E-state index in [9.17, 15) is 15.0 Å². The Balaban J connectivity index is 0.000000151. The van der Waals surface area contributed by atoms with Crippen LogP contribution in [0.3, 0.4) is 0 Å². The molecule has 0 amide bonds. The molecule has 16 heteroatoms. The number of fused-ring (bicyclic) bond motifs is 2. The summed E-state index contributed by atoms with van der Waals surface area (Å²) >= 11 is 0. The summed E-state index contributed by atoms with van der Waals surface area (Å²) < 4.78 is 16.1. The lowest BCUT2D eigenvalue weighted by Gasteiger charge is -2.29. The zero-order valence-corrected chi connectivity index (χ0v) is 38.5. The van der Waals surface area contributed by atoms with Crippen molar-refractivity contribution in [3.05, 3.63) is 188 Å². The third kappa shape index (κ3) is 7.67. The lowest BCUT2D eigenvalue weighted by atomic mass is 9.81. The van der Waals surface area contributed by atoms with Crippen molar-refractivity contribution < 1.29 is 24.0 Å². The van der Waals surface area contributed by atoms with E-state index in [2.05, 4.69) is 46.3 Å². The van der Waals surface area contributed by atoms with E-state index in [1.165, 1.54) is 12.3 Å². The molecule has 2 fully saturated rings. The number of ether oxygens (including phenoxy) is 1. The number of hydrogen-bond acceptors (Lipinski definition) is 13. The second kappa shape index (κ2) is 16.9. The van der Waals surface area contributed by atoms with Crippen LogP contribution in [0.4, 0.5) is 0 Å². The fourth-order valence-corrected chi connectivity index (χ4v) is 9.39. The highest BCUT2D eigenvalue weighted by Gasteiger charge is 2.41. The monoisotopic (exact) mass is 920 g/mol. The SMILES string of the molecule is COc1ccc(C(O)(c2ccccn2)c2cc(-c3c(C)noc3C)cc3[nH]c(C4CC4)nc23)cn1.Cc1noc(C)c1-c1cc(C(O)(c2ccc(=O)[nH]c2)c2ccccn2)c2nc(C3CC3)[nH]c2c1. The number of aromatic amines is 3. The smallest absolute Gasteiger partial charge is 0.247 e. The summed E-state index contributed by atoms with van der Waals surface area (Å²) in [6.07, 6.45) is 10.9. The summed E-state index contributed by atoms with van der Waals surface area (Å²) in [5, 5.41) is 33.3. The minimum Gasteiger partial charge on any atom is -0.481 e. The summed E-state index contributed by atoms with van der Waals surface area (Å²) in [5.74, 6) is 4.53. The Morgan fingerprint density at radius 1 is 0.638 bits per heavy atom. The van der Waals surface area contributed by atoms with Crippen LogP contribution < -0.4 is 10.3 Å². The lowest BCUT2D eigenvalue weighted by Crippen LogP contribution is -2.31. The molecule has 2 unspecified atom stereocenters. The summed E-state index contributed by atoms with van der Waals surface area (Å²) in [6, 6.07) is 25.4. The summed E-state index contributed by atoms with van der Waals surface area (Å²) in [6.45, 7) is 7.57. The molecule has 0 radical (unpaired) electrons. The molecule has 2 atom stereocenters. The summed E-state index contributed by atoms with van der Waals surface area (Å²) in [4.78, 5) is 44.8. The van der Waals surface area contributed by atoms with Gasteiger partial charge in [-0.3, -0.25) is 14.8 Å². The molecule has 2 aliphatic rings. The van der Waals surface area contributed by atoms with Crippen molar-refractivity contribution in [3.8, 4) is 28.1 Å². The molecular formula is C53H48N10O6. The molecule has 0 saturated heterocycles. The molecule has 2 aliphatic carbocycles. The maximum absolute atomic E-state index is 12.6. The van der Waals surface area contributed by atoms with Crippen LogP contribution in [-0.2, 0) is 11.2 Å². The van der Waals surface area contributed by atoms with Crippen LogP contribution >= 0.6 is 0 Å². The van der Waals surface area contributed by atoms with Crippen LogP contribution in [-0.4, -0.2) is 67.5 Å². The molecule has 69 heavy (non-hydrogen) atoms. The van der Waals surface area contributed by atoms with Crippen molar-refractivity contribution in [1.29, 1.82) is 0 Å². The molecular weight excluding hydrogens is 873 g/mol. The predicted octanol–water partition coefficient (Wildman–Crippen LogP) is 8.87. The lowest BCUT2D eigenvalue weighted by molar-refractivity contribution is 0.121. The number of imidazole rings is 2. The molecule has 2 aromatic carbocycles. The third-order valence-corrected chi connectivity index (χ3v) is 13.2. The van der Waals surface area contributed by atoms with Crippen molar-refractivity contribution in [2.75, 3.05) is 7.11 Å². The molecule has 0 spiro atoms. The first-order valence-electron chi connectivity index (χ1n) is 22.9. The van der Waals surface area contributed by atoms with Gasteiger partial charge in [0.2, 0.25) is 11.4 Å². The van der Waals surface area contributed by atoms with Gasteiger partial charge in [0.15, 0.2) is 11.2 Å². The molecule has 0 aliphatic heterocycles. The molecule has 12 rings (SSSR count). The maximum Gasteiger partial charge on any atom is 0.247 e. The van der Waals surface area contributed by atoms with Crippen molar-refractivity contribution in [2.45, 2.75) is 76.4 Å². The van der Waals surface area contributed by atoms with Crippen LogP contribution in [0.15, 0.2) is 124 Å². The fraction of sp³-hybridized carbons (Fsp3) is 0.245. The van der Waals surface area contributed by atoms with E-state index in [-0.39, 0.29) is 5.56 Å². The van der Waals surface area contributed by atoms with Gasteiger partial charge in [-0.15, -0.1) is 0 Å². The van der Waals surface area contributed by atoms with E-state index in [4.69, 9.17) is 23.8 Å². The topological polar surface area (TPSA) is 231 Å². The Labute approximate surface area is 394 Å². The van der Waals surface area contributed by atoms with E-state index in [1.807, 2.05) is 76.2 Å². The van der Waals surface area contributed by atoms with E-state index in [0.29, 0.717) is 73.9 Å². The number of benzene rings is 2. The van der Waals surface area contributed by atoms with Gasteiger partial charge in [0.05, 0.1) is 52.0 Å². The molecule has 346 valence electrons. The first-order valence-corrected chi connectivity index (χ1v) is 22.9. The zero-order valence-electron chi connectivity index (χ0n) is 38.5. The molecule has 5 N–H and O–H groups in total. The number of pyridine rings is 4. The predicted molar refractivity (Wildman–Crippen MR) is 257 cm³/mol. The molecule has 8 aromatic heterocycles. The normalized spacial score (nSPS) is 15.4. The number of aryl methyl sites for hydroxylation is 4. The number of nitrogens with one attached hydrogen (secondary N) is 3. The van der Waals surface area contributed by atoms with E-state index >= 15 is 0 Å². The highest BCUT2D eigenvalue weighted by molar-refractivity contribution is 5.89. The van der Waals surface area contributed by atoms with Crippen LogP contribution in [0.5, 0.6) is 5.88 Å². The van der Waals surface area contributed by atoms with Crippen LogP contribution in [0.1, 0.15) is 106 Å². The average Bonchev–Trinajstić information content (AvgIpc) is 4.27. The van der Waals surface area contributed by atoms with Gasteiger partial charge in [-0.05, 0) is 125 Å². The molecule has 16 nitrogen and oxygen atoms in total. The number of aromatic nitrogens is 10. The highest BCUT2D eigenvalue weighted by atomic mass is 16.5. The van der Waals surface area contributed by atoms with Gasteiger partial charge in [0.1, 0.15) is 23.2 Å². The van der Waals surface area contributed by atoms with E-state index in [0.717, 1.165) is 82.0 Å². The second-order valence-corrected chi connectivity index (χ2v) is 17.9. The maximum atomic E-state index is 12.6. The number of aliphatic hydroxyl groups is 2. The van der Waals surface area contributed by atoms with Gasteiger partial charge < -0.3 is 38.9 Å². The van der Waals surface area contributed by atoms with Gasteiger partial charge in [-0.25, -0.2) is 15.0 Å². The summed E-state index contributed by atoms with van der Waals surface area (Å²) in [7, 11) is 1.56. The molecule has 0 bridgehead atoms. The Hall–Kier alpha value is -8.08. The van der Waals surface area contributed by atoms with Gasteiger partial charge in [0, 0.05) is 82.1 Å². The highest BCUT2D eigenvalue weighted by Crippen LogP contribution is 2.46. The third-order valence-electron chi connectivity index (χ3n) is 13.2. The number of rotatable bonds is 11. The second-order valence-electron chi connectivity index (χ2n) is 17.9. The van der Waals surface area contributed by atoms with Crippen LogP contribution in [0, 0.1) is 27.7 Å². The number of nitrogens with zero attached hydrogens (tertiary/aromatic N) is 7. The van der Waals surface area contributed by atoms with Gasteiger partial charge in [0.25, 0.3) is 0 Å². The fourth-order valence-electron chi connectivity index (χ4n) is 9.39. The van der Waals surface area contributed by atoms with Gasteiger partial charge in [-0.1, -0.05) is 22.4 Å². The van der Waals surface area contributed by atoms with Crippen LogP contribution in [0.2, 0.25) is 0 Å². The Bertz CT molecular complexity index is 3510. The first-order chi connectivity index (χ1) is 33.4. The number of methoxy groups -OCH3 is 1. The Morgan fingerprint density at radius 3 is 1.54 bits per heavy atom. The van der Waals surface area contributed by atoms with Crippen molar-refractivity contribution in [2.24, 2.45) is 0 Å². The standard InChI is InChI=1S/C27H25N5O3.C26H23N5O3/c1-15-24(16(2)35-32-15)18-12-20(25-21(13-18)30-26(31-25)17-7-8-17)27(33,22-6-4-5-11-28-22)19-9-10-23(34-3)29-14-19;1-14-23(15(2)34-31-14)17-11-19(24-20(12-17)29-25(30-24)16-6-7-16)26(33,21-5-3-4-10-27-21)18-8-9-22(32)28-13-18/h4-6,9-14,17,33H,7-8H2,1-3H3,(H,30,31);3-5,8-13,16,33H,6-7H2,1-2H3,(H,28,32)(H,29,30). The number of hydrogen-bond donors (Lipinski definition) is 5. The minimum atomic E-state index is -1.67. The molecule has 10 aromatic rings. The minimum absolute atomic E-state index is 0.252. The zero-order chi connectivity index (χ0) is 47.6. The Morgan fingerprint density at radius 2 is 1.14 bits per heavy atom. The van der Waals surface area contributed by atoms with Crippen LogP contribution in [0.25, 0.3) is 44.3 Å². The molecule has 2 saturated carbocycles. The van der Waals surface area contributed by atoms with Crippen molar-refractivity contribution in [1.82, 2.24) is 50.2 Å². The van der Waals surface area contributed by atoms with E-state index in [1.54, 1.807) is 50.0 Å². The largest absolute Gasteiger partial charge is 0.481 e. The van der Waals surface area contributed by atoms with Crippen molar-refractivity contribution >= 4 is 22.1 Å². The van der Waals surface area contributed by atoms with E-state index < -0.39 is 11.2 Å². The van der Waals surface area contributed by atoms with Crippen molar-refractivity contribution in [3.63, 3.8) is 0 Å². The average molecular weight is 921 g/mol. The first kappa shape index (κ1) is 43.5. The Kier molecular flexibility index (Phi) is 10.7. The quantitative estimate of drug-likeness (QED) is 0.0817.